The smallest absolute Gasteiger partial charge is 0.234 e. The Morgan fingerprint density at radius 2 is 1.78 bits per heavy atom. The molecule has 1 aromatic rings. The van der Waals surface area contributed by atoms with Crippen LogP contribution in [0.3, 0.4) is 0 Å². The van der Waals surface area contributed by atoms with Crippen LogP contribution in [0.25, 0.3) is 0 Å². The number of nitrogens with one attached hydrogen (secondary N) is 1. The first-order valence-electron chi connectivity index (χ1n) is 8.65. The van der Waals surface area contributed by atoms with E-state index in [1.54, 1.807) is 0 Å². The number of aliphatic hydroxyl groups excluding tert-OH is 1. The van der Waals surface area contributed by atoms with Gasteiger partial charge in [-0.3, -0.25) is 14.6 Å². The summed E-state index contributed by atoms with van der Waals surface area (Å²) in [5, 5.41) is 13.3. The van der Waals surface area contributed by atoms with Crippen LogP contribution in [0.5, 0.6) is 0 Å². The van der Waals surface area contributed by atoms with Gasteiger partial charge in [-0.2, -0.15) is 0 Å². The minimum atomic E-state index is -0.440. The molecule has 1 saturated heterocycles. The highest BCUT2D eigenvalue weighted by Crippen LogP contribution is 2.27. The number of aliphatic hydroxyl groups is 1. The molecule has 1 saturated carbocycles. The summed E-state index contributed by atoms with van der Waals surface area (Å²) in [4.78, 5) is 16.4. The molecule has 5 nitrogen and oxygen atoms in total. The van der Waals surface area contributed by atoms with Gasteiger partial charge in [-0.25, -0.2) is 0 Å². The SMILES string of the molecule is O=C(CN1CCN(CC(O)c2ccccc2)CC1)NCC1CC1. The molecule has 23 heavy (non-hydrogen) atoms. The van der Waals surface area contributed by atoms with E-state index in [1.807, 2.05) is 30.3 Å². The van der Waals surface area contributed by atoms with Gasteiger partial charge in [0, 0.05) is 39.3 Å². The molecule has 0 spiro atoms. The molecule has 1 aromatic carbocycles. The predicted octanol–water partition coefficient (Wildman–Crippen LogP) is 0.864. The maximum Gasteiger partial charge on any atom is 0.234 e. The normalized spacial score (nSPS) is 21.1. The van der Waals surface area contributed by atoms with Crippen molar-refractivity contribution in [2.45, 2.75) is 18.9 Å². The van der Waals surface area contributed by atoms with Crippen molar-refractivity contribution in [3.63, 3.8) is 0 Å². The van der Waals surface area contributed by atoms with Crippen molar-refractivity contribution in [1.29, 1.82) is 0 Å². The summed E-state index contributed by atoms with van der Waals surface area (Å²) < 4.78 is 0. The molecule has 126 valence electrons. The molecule has 1 aliphatic heterocycles. The highest BCUT2D eigenvalue weighted by molar-refractivity contribution is 5.78. The maximum absolute atomic E-state index is 11.9. The zero-order valence-electron chi connectivity index (χ0n) is 13.7. The van der Waals surface area contributed by atoms with Crippen LogP contribution in [0, 0.1) is 5.92 Å². The summed E-state index contributed by atoms with van der Waals surface area (Å²) in [6, 6.07) is 9.80. The van der Waals surface area contributed by atoms with E-state index in [4.69, 9.17) is 0 Å². The standard InChI is InChI=1S/C18H27N3O2/c22-17(16-4-2-1-3-5-16)13-20-8-10-21(11-9-20)14-18(23)19-12-15-6-7-15/h1-5,15,17,22H,6-14H2,(H,19,23). The summed E-state index contributed by atoms with van der Waals surface area (Å²) in [5.74, 6) is 0.880. The minimum Gasteiger partial charge on any atom is -0.387 e. The quantitative estimate of drug-likeness (QED) is 0.783. The van der Waals surface area contributed by atoms with Gasteiger partial charge in [0.2, 0.25) is 5.91 Å². The Bertz CT molecular complexity index is 496. The molecule has 1 amide bonds. The predicted molar refractivity (Wildman–Crippen MR) is 90.0 cm³/mol. The van der Waals surface area contributed by atoms with Gasteiger partial charge in [0.25, 0.3) is 0 Å². The first-order chi connectivity index (χ1) is 11.2. The Balaban J connectivity index is 1.35. The Kier molecular flexibility index (Phi) is 5.65. The molecule has 2 aliphatic rings. The number of benzene rings is 1. The monoisotopic (exact) mass is 317 g/mol. The van der Waals surface area contributed by atoms with Crippen molar-refractivity contribution in [2.24, 2.45) is 5.92 Å². The van der Waals surface area contributed by atoms with Crippen molar-refractivity contribution in [3.05, 3.63) is 35.9 Å². The van der Waals surface area contributed by atoms with Gasteiger partial charge >= 0.3 is 0 Å². The number of nitrogens with zero attached hydrogens (tertiary/aromatic N) is 2. The lowest BCUT2D eigenvalue weighted by Crippen LogP contribution is -2.50. The fourth-order valence-corrected chi connectivity index (χ4v) is 2.99. The lowest BCUT2D eigenvalue weighted by molar-refractivity contribution is -0.122. The number of amides is 1. The lowest BCUT2D eigenvalue weighted by atomic mass is 10.1. The lowest BCUT2D eigenvalue weighted by Gasteiger charge is -2.35. The second-order valence-electron chi connectivity index (χ2n) is 6.75. The van der Waals surface area contributed by atoms with Crippen LogP contribution in [0.2, 0.25) is 0 Å². The summed E-state index contributed by atoms with van der Waals surface area (Å²) in [7, 11) is 0. The molecule has 2 N–H and O–H groups in total. The van der Waals surface area contributed by atoms with Crippen molar-refractivity contribution in [3.8, 4) is 0 Å². The van der Waals surface area contributed by atoms with Gasteiger partial charge in [-0.1, -0.05) is 30.3 Å². The van der Waals surface area contributed by atoms with E-state index in [1.165, 1.54) is 12.8 Å². The van der Waals surface area contributed by atoms with Gasteiger partial charge in [-0.05, 0) is 24.3 Å². The molecule has 1 heterocycles. The van der Waals surface area contributed by atoms with Gasteiger partial charge in [0.05, 0.1) is 12.6 Å². The first-order valence-corrected chi connectivity index (χ1v) is 8.65. The molecule has 2 fully saturated rings. The summed E-state index contributed by atoms with van der Waals surface area (Å²) in [5.41, 5.74) is 0.967. The van der Waals surface area contributed by atoms with Crippen LogP contribution in [0.4, 0.5) is 0 Å². The number of β-amino-alcohol motifs (C(OH)–C–C–N with tert-alkyl or cyclic N) is 1. The van der Waals surface area contributed by atoms with E-state index in [-0.39, 0.29) is 5.91 Å². The number of carbonyl (C=O) groups excluding carboxylic acids is 1. The average Bonchev–Trinajstić information content (AvgIpc) is 3.40. The van der Waals surface area contributed by atoms with Gasteiger partial charge in [-0.15, -0.1) is 0 Å². The summed E-state index contributed by atoms with van der Waals surface area (Å²) in [6.45, 7) is 5.59. The fourth-order valence-electron chi connectivity index (χ4n) is 2.99. The Hall–Kier alpha value is -1.43. The summed E-state index contributed by atoms with van der Waals surface area (Å²) >= 11 is 0. The molecular formula is C18H27N3O2. The second-order valence-corrected chi connectivity index (χ2v) is 6.75. The number of carbonyl (C=O) groups is 1. The second kappa shape index (κ2) is 7.90. The molecule has 1 aliphatic carbocycles. The molecule has 1 unspecified atom stereocenters. The van der Waals surface area contributed by atoms with Crippen LogP contribution in [0.15, 0.2) is 30.3 Å². The highest BCUT2D eigenvalue weighted by Gasteiger charge is 2.24. The number of piperazine rings is 1. The van der Waals surface area contributed by atoms with Crippen molar-refractivity contribution in [1.82, 2.24) is 15.1 Å². The molecular weight excluding hydrogens is 290 g/mol. The third kappa shape index (κ3) is 5.30. The van der Waals surface area contributed by atoms with Crippen molar-refractivity contribution < 1.29 is 9.90 Å². The number of hydrogen-bond acceptors (Lipinski definition) is 4. The molecule has 0 aromatic heterocycles. The van der Waals surface area contributed by atoms with Crippen LogP contribution >= 0.6 is 0 Å². The molecule has 1 atom stereocenters. The largest absolute Gasteiger partial charge is 0.387 e. The average molecular weight is 317 g/mol. The van der Waals surface area contributed by atoms with Crippen molar-refractivity contribution >= 4 is 5.91 Å². The Labute approximate surface area is 138 Å². The van der Waals surface area contributed by atoms with E-state index in [0.717, 1.165) is 44.2 Å². The third-order valence-electron chi connectivity index (χ3n) is 4.73. The first kappa shape index (κ1) is 16.4. The van der Waals surface area contributed by atoms with Crippen LogP contribution < -0.4 is 5.32 Å². The Morgan fingerprint density at radius 3 is 2.43 bits per heavy atom. The van der Waals surface area contributed by atoms with Crippen LogP contribution in [-0.2, 0) is 4.79 Å². The maximum atomic E-state index is 11.9. The van der Waals surface area contributed by atoms with Crippen LogP contribution in [-0.4, -0.2) is 66.6 Å². The zero-order chi connectivity index (χ0) is 16.1. The van der Waals surface area contributed by atoms with E-state index >= 15 is 0 Å². The molecule has 0 radical (unpaired) electrons. The molecule has 0 bridgehead atoms. The van der Waals surface area contributed by atoms with Gasteiger partial charge in [0.1, 0.15) is 0 Å². The highest BCUT2D eigenvalue weighted by atomic mass is 16.3. The molecule has 3 rings (SSSR count). The minimum absolute atomic E-state index is 0.148. The van der Waals surface area contributed by atoms with Crippen LogP contribution in [0.1, 0.15) is 24.5 Å². The Morgan fingerprint density at radius 1 is 1.13 bits per heavy atom. The summed E-state index contributed by atoms with van der Waals surface area (Å²) in [6.07, 6.45) is 2.09. The topological polar surface area (TPSA) is 55.8 Å². The van der Waals surface area contributed by atoms with E-state index in [2.05, 4.69) is 15.1 Å². The zero-order valence-corrected chi connectivity index (χ0v) is 13.7. The van der Waals surface area contributed by atoms with E-state index in [0.29, 0.717) is 13.1 Å². The third-order valence-corrected chi connectivity index (χ3v) is 4.73. The van der Waals surface area contributed by atoms with Gasteiger partial charge < -0.3 is 10.4 Å². The number of hydrogen-bond donors (Lipinski definition) is 2. The number of rotatable bonds is 7. The molecule has 5 heteroatoms. The fraction of sp³-hybridized carbons (Fsp3) is 0.611. The van der Waals surface area contributed by atoms with Crippen molar-refractivity contribution in [2.75, 3.05) is 45.8 Å². The van der Waals surface area contributed by atoms with E-state index in [9.17, 15) is 9.90 Å². The van der Waals surface area contributed by atoms with E-state index < -0.39 is 6.10 Å². The van der Waals surface area contributed by atoms with Gasteiger partial charge in [0.15, 0.2) is 0 Å².